The molecule has 1 rings (SSSR count). The van der Waals surface area contributed by atoms with Gasteiger partial charge in [-0.25, -0.2) is 4.79 Å². The van der Waals surface area contributed by atoms with E-state index in [9.17, 15) is 9.90 Å². The van der Waals surface area contributed by atoms with Gasteiger partial charge in [-0.05, 0) is 57.8 Å². The highest BCUT2D eigenvalue weighted by Gasteiger charge is 2.14. The third-order valence-electron chi connectivity index (χ3n) is 4.32. The Morgan fingerprint density at radius 2 is 1.91 bits per heavy atom. The monoisotopic (exact) mass is 302 g/mol. The maximum absolute atomic E-state index is 11.4. The van der Waals surface area contributed by atoms with Gasteiger partial charge in [0.1, 0.15) is 0 Å². The van der Waals surface area contributed by atoms with Crippen LogP contribution in [-0.4, -0.2) is 11.1 Å². The minimum atomic E-state index is -0.767. The molecule has 1 aliphatic carbocycles. The second-order valence-electron chi connectivity index (χ2n) is 6.61. The molecular weight excluding hydrogens is 272 g/mol. The summed E-state index contributed by atoms with van der Waals surface area (Å²) in [5.41, 5.74) is 3.17. The van der Waals surface area contributed by atoms with Crippen molar-refractivity contribution in [2.75, 3.05) is 0 Å². The molecule has 22 heavy (non-hydrogen) atoms. The summed E-state index contributed by atoms with van der Waals surface area (Å²) < 4.78 is 0. The molecule has 0 saturated carbocycles. The van der Waals surface area contributed by atoms with Crippen LogP contribution in [0.2, 0.25) is 0 Å². The van der Waals surface area contributed by atoms with Crippen molar-refractivity contribution in [3.8, 4) is 0 Å². The number of aliphatic carboxylic acids is 1. The fraction of sp³-hybridized carbons (Fsp3) is 0.550. The maximum Gasteiger partial charge on any atom is 0.331 e. The predicted octanol–water partition coefficient (Wildman–Crippen LogP) is 5.68. The molecule has 0 aromatic heterocycles. The van der Waals surface area contributed by atoms with E-state index in [1.54, 1.807) is 0 Å². The van der Waals surface area contributed by atoms with Gasteiger partial charge in [0.15, 0.2) is 0 Å². The summed E-state index contributed by atoms with van der Waals surface area (Å²) >= 11 is 0. The topological polar surface area (TPSA) is 37.3 Å². The van der Waals surface area contributed by atoms with Gasteiger partial charge in [0.2, 0.25) is 0 Å². The second-order valence-corrected chi connectivity index (χ2v) is 6.61. The van der Waals surface area contributed by atoms with Gasteiger partial charge in [-0.15, -0.1) is 0 Å². The molecule has 0 aromatic rings. The zero-order valence-electron chi connectivity index (χ0n) is 14.4. The zero-order chi connectivity index (χ0) is 16.5. The van der Waals surface area contributed by atoms with E-state index in [1.807, 2.05) is 6.08 Å². The molecule has 1 aliphatic rings. The Labute approximate surface area is 135 Å². The first kappa shape index (κ1) is 18.5. The number of carboxylic acids is 1. The average molecular weight is 302 g/mol. The highest BCUT2D eigenvalue weighted by Crippen LogP contribution is 2.23. The quantitative estimate of drug-likeness (QED) is 0.666. The molecule has 0 radical (unpaired) electrons. The zero-order valence-corrected chi connectivity index (χ0v) is 14.4. The van der Waals surface area contributed by atoms with E-state index >= 15 is 0 Å². The Hall–Kier alpha value is -1.57. The first-order chi connectivity index (χ1) is 10.4. The Morgan fingerprint density at radius 3 is 2.55 bits per heavy atom. The summed E-state index contributed by atoms with van der Waals surface area (Å²) in [7, 11) is 0. The van der Waals surface area contributed by atoms with Gasteiger partial charge in [0.25, 0.3) is 0 Å². The largest absolute Gasteiger partial charge is 0.478 e. The molecule has 0 fully saturated rings. The molecule has 1 unspecified atom stereocenters. The number of hydrogen-bond acceptors (Lipinski definition) is 1. The van der Waals surface area contributed by atoms with Crippen molar-refractivity contribution < 1.29 is 9.90 Å². The van der Waals surface area contributed by atoms with Crippen LogP contribution in [0.1, 0.15) is 59.8 Å². The molecule has 0 spiro atoms. The molecule has 122 valence electrons. The van der Waals surface area contributed by atoms with E-state index in [1.165, 1.54) is 11.1 Å². The first-order valence-electron chi connectivity index (χ1n) is 8.33. The summed E-state index contributed by atoms with van der Waals surface area (Å²) in [5.74, 6) is 0.178. The number of carbonyl (C=O) groups is 1. The van der Waals surface area contributed by atoms with Gasteiger partial charge < -0.3 is 5.11 Å². The number of carboxylic acid groups (broad SMARTS) is 1. The lowest BCUT2D eigenvalue weighted by atomic mass is 9.88. The van der Waals surface area contributed by atoms with Crippen LogP contribution in [0.5, 0.6) is 0 Å². The summed E-state index contributed by atoms with van der Waals surface area (Å²) in [6.45, 7) is 8.65. The van der Waals surface area contributed by atoms with Crippen LogP contribution < -0.4 is 0 Å². The third-order valence-corrected chi connectivity index (χ3v) is 4.32. The van der Waals surface area contributed by atoms with E-state index in [0.29, 0.717) is 23.8 Å². The van der Waals surface area contributed by atoms with Crippen LogP contribution >= 0.6 is 0 Å². The molecular formula is C20H30O2. The molecule has 0 heterocycles. The van der Waals surface area contributed by atoms with Crippen molar-refractivity contribution >= 4 is 5.97 Å². The summed E-state index contributed by atoms with van der Waals surface area (Å²) in [6.07, 6.45) is 15.1. The molecule has 1 atom stereocenters. The molecule has 1 N–H and O–H groups in total. The van der Waals surface area contributed by atoms with E-state index in [0.717, 1.165) is 25.7 Å². The minimum absolute atomic E-state index is 0.423. The highest BCUT2D eigenvalue weighted by atomic mass is 16.4. The fourth-order valence-electron chi connectivity index (χ4n) is 2.64. The Kier molecular flexibility index (Phi) is 7.94. The lowest BCUT2D eigenvalue weighted by Crippen LogP contribution is -2.09. The molecule has 0 bridgehead atoms. The van der Waals surface area contributed by atoms with E-state index in [-0.39, 0.29) is 0 Å². The van der Waals surface area contributed by atoms with Gasteiger partial charge in [0.05, 0.1) is 0 Å². The van der Waals surface area contributed by atoms with Gasteiger partial charge in [-0.1, -0.05) is 55.4 Å². The SMILES string of the molecule is CC1=C\C/C=C(\C)CC/C=C(\C(=O)O)CCC(C(C)C)/C=C\1. The maximum atomic E-state index is 11.4. The van der Waals surface area contributed by atoms with Crippen LogP contribution in [0.15, 0.2) is 47.1 Å². The molecule has 0 saturated heterocycles. The van der Waals surface area contributed by atoms with Gasteiger partial charge in [0, 0.05) is 5.57 Å². The Balaban J connectivity index is 2.98. The number of rotatable bonds is 2. The third kappa shape index (κ3) is 6.93. The van der Waals surface area contributed by atoms with Crippen molar-refractivity contribution in [1.29, 1.82) is 0 Å². The molecule has 2 nitrogen and oxygen atoms in total. The lowest BCUT2D eigenvalue weighted by Gasteiger charge is -2.17. The van der Waals surface area contributed by atoms with Crippen LogP contribution in [0.25, 0.3) is 0 Å². The van der Waals surface area contributed by atoms with Gasteiger partial charge in [-0.3, -0.25) is 0 Å². The number of hydrogen-bond donors (Lipinski definition) is 1. The molecule has 0 aromatic carbocycles. The second kappa shape index (κ2) is 9.45. The summed E-state index contributed by atoms with van der Waals surface area (Å²) in [6, 6.07) is 0. The highest BCUT2D eigenvalue weighted by molar-refractivity contribution is 5.86. The average Bonchev–Trinajstić information content (AvgIpc) is 2.43. The Morgan fingerprint density at radius 1 is 1.18 bits per heavy atom. The van der Waals surface area contributed by atoms with Crippen LogP contribution in [0.3, 0.4) is 0 Å². The van der Waals surface area contributed by atoms with E-state index in [2.05, 4.69) is 52.0 Å². The Bertz CT molecular complexity index is 490. The predicted molar refractivity (Wildman–Crippen MR) is 93.8 cm³/mol. The van der Waals surface area contributed by atoms with Crippen molar-refractivity contribution in [3.05, 3.63) is 47.1 Å². The molecule has 2 heteroatoms. The van der Waals surface area contributed by atoms with E-state index < -0.39 is 5.97 Å². The van der Waals surface area contributed by atoms with Gasteiger partial charge >= 0.3 is 5.97 Å². The summed E-state index contributed by atoms with van der Waals surface area (Å²) in [5, 5.41) is 9.37. The normalized spacial score (nSPS) is 30.2. The van der Waals surface area contributed by atoms with Crippen LogP contribution in [-0.2, 0) is 4.79 Å². The van der Waals surface area contributed by atoms with E-state index in [4.69, 9.17) is 0 Å². The van der Waals surface area contributed by atoms with Crippen LogP contribution in [0.4, 0.5) is 0 Å². The standard InChI is InChI=1S/C20H30O2/c1-15(2)18-12-11-17(4)8-5-7-16(3)9-6-10-19(14-13-18)20(21)22/h7-8,10-12,15,18H,5-6,9,13-14H2,1-4H3,(H,21,22)/b12-11-,16-7+,17-8+,19-10-. The number of allylic oxidation sites excluding steroid dienone is 7. The molecule has 0 amide bonds. The van der Waals surface area contributed by atoms with Crippen molar-refractivity contribution in [2.24, 2.45) is 11.8 Å². The lowest BCUT2D eigenvalue weighted by molar-refractivity contribution is -0.132. The first-order valence-corrected chi connectivity index (χ1v) is 8.33. The van der Waals surface area contributed by atoms with Crippen molar-refractivity contribution in [1.82, 2.24) is 0 Å². The fourth-order valence-corrected chi connectivity index (χ4v) is 2.64. The van der Waals surface area contributed by atoms with Crippen LogP contribution in [0, 0.1) is 11.8 Å². The smallest absolute Gasteiger partial charge is 0.331 e. The van der Waals surface area contributed by atoms with Gasteiger partial charge in [-0.2, -0.15) is 0 Å². The van der Waals surface area contributed by atoms with Crippen molar-refractivity contribution in [3.63, 3.8) is 0 Å². The van der Waals surface area contributed by atoms with Crippen molar-refractivity contribution in [2.45, 2.75) is 59.8 Å². The minimum Gasteiger partial charge on any atom is -0.478 e. The molecule has 0 aliphatic heterocycles. The summed E-state index contributed by atoms with van der Waals surface area (Å²) in [4.78, 5) is 11.4.